The monoisotopic (exact) mass is 304 g/mol. The van der Waals surface area contributed by atoms with E-state index in [-0.39, 0.29) is 12.3 Å². The highest BCUT2D eigenvalue weighted by Gasteiger charge is 2.08. The van der Waals surface area contributed by atoms with E-state index < -0.39 is 0 Å². The molecule has 1 amide bonds. The molecule has 21 heavy (non-hydrogen) atoms. The van der Waals surface area contributed by atoms with Gasteiger partial charge in [0.25, 0.3) is 0 Å². The summed E-state index contributed by atoms with van der Waals surface area (Å²) in [4.78, 5) is 20.8. The summed E-state index contributed by atoms with van der Waals surface area (Å²) in [6, 6.07) is 7.63. The fraction of sp³-hybridized carbons (Fsp3) is 0.286. The summed E-state index contributed by atoms with van der Waals surface area (Å²) in [5.41, 5.74) is 2.59. The quantitative estimate of drug-likeness (QED) is 0.680. The minimum Gasteiger partial charge on any atom is -0.399 e. The molecule has 1 aromatic carbocycles. The van der Waals surface area contributed by atoms with Gasteiger partial charge < -0.3 is 10.2 Å². The summed E-state index contributed by atoms with van der Waals surface area (Å²) in [6.07, 6.45) is 0.271. The lowest BCUT2D eigenvalue weighted by Crippen LogP contribution is -2.14. The van der Waals surface area contributed by atoms with Crippen molar-refractivity contribution in [2.75, 3.05) is 12.4 Å². The van der Waals surface area contributed by atoms with Crippen LogP contribution < -0.4 is 5.32 Å². The van der Waals surface area contributed by atoms with E-state index in [0.29, 0.717) is 11.0 Å². The van der Waals surface area contributed by atoms with E-state index in [1.165, 1.54) is 18.6 Å². The summed E-state index contributed by atoms with van der Waals surface area (Å²) >= 11 is 1.17. The maximum Gasteiger partial charge on any atom is 0.230 e. The number of hydrogen-bond acceptors (Lipinski definition) is 6. The second-order valence-corrected chi connectivity index (χ2v) is 5.18. The molecular formula is C14H16N4O2S. The summed E-state index contributed by atoms with van der Waals surface area (Å²) in [6.45, 7) is 3.64. The third-order valence-electron chi connectivity index (χ3n) is 2.71. The van der Waals surface area contributed by atoms with Gasteiger partial charge in [0.2, 0.25) is 11.0 Å². The zero-order valence-electron chi connectivity index (χ0n) is 12.1. The molecule has 0 atom stereocenters. The standard InChI is InChI=1S/C14H16N4O2S/c1-9(17-20-3)12-6-4-5-11(7-12)8-13(19)16-14-15-10(2)18-21-14/h4-7H,8H2,1-3H3,(H,15,16,18,19)/b17-9-. The Hall–Kier alpha value is -2.28. The fourth-order valence-corrected chi connectivity index (χ4v) is 2.38. The molecule has 1 N–H and O–H groups in total. The van der Waals surface area contributed by atoms with Gasteiger partial charge in [-0.3, -0.25) is 4.79 Å². The van der Waals surface area contributed by atoms with Crippen LogP contribution in [0.5, 0.6) is 0 Å². The molecule has 0 aliphatic carbocycles. The van der Waals surface area contributed by atoms with Gasteiger partial charge in [-0.05, 0) is 31.0 Å². The van der Waals surface area contributed by atoms with Crippen molar-refractivity contribution in [2.24, 2.45) is 5.16 Å². The van der Waals surface area contributed by atoms with E-state index in [1.54, 1.807) is 6.92 Å². The predicted molar refractivity (Wildman–Crippen MR) is 82.6 cm³/mol. The largest absolute Gasteiger partial charge is 0.399 e. The Kier molecular flexibility index (Phi) is 4.99. The van der Waals surface area contributed by atoms with Crippen molar-refractivity contribution in [2.45, 2.75) is 20.3 Å². The third-order valence-corrected chi connectivity index (χ3v) is 3.43. The van der Waals surface area contributed by atoms with Gasteiger partial charge >= 0.3 is 0 Å². The van der Waals surface area contributed by atoms with Crippen LogP contribution in [0.25, 0.3) is 0 Å². The number of oxime groups is 1. The molecule has 1 heterocycles. The maximum absolute atomic E-state index is 12.0. The van der Waals surface area contributed by atoms with Crippen molar-refractivity contribution >= 4 is 28.3 Å². The Balaban J connectivity index is 2.04. The van der Waals surface area contributed by atoms with Gasteiger partial charge in [-0.25, -0.2) is 4.98 Å². The average molecular weight is 304 g/mol. The highest BCUT2D eigenvalue weighted by Crippen LogP contribution is 2.12. The smallest absolute Gasteiger partial charge is 0.230 e. The number of aryl methyl sites for hydroxylation is 1. The molecule has 2 rings (SSSR count). The van der Waals surface area contributed by atoms with Gasteiger partial charge in [0.1, 0.15) is 12.9 Å². The molecule has 6 nitrogen and oxygen atoms in total. The van der Waals surface area contributed by atoms with Crippen molar-refractivity contribution in [1.29, 1.82) is 0 Å². The lowest BCUT2D eigenvalue weighted by atomic mass is 10.1. The number of carbonyl (C=O) groups is 1. The van der Waals surface area contributed by atoms with Crippen molar-refractivity contribution in [1.82, 2.24) is 9.36 Å². The number of nitrogens with zero attached hydrogens (tertiary/aromatic N) is 3. The Bertz CT molecular complexity index is 666. The van der Waals surface area contributed by atoms with Crippen molar-refractivity contribution in [3.05, 3.63) is 41.2 Å². The Labute approximate surface area is 127 Å². The summed E-state index contributed by atoms with van der Waals surface area (Å²) in [5.74, 6) is 0.535. The second kappa shape index (κ2) is 6.94. The molecule has 0 aliphatic heterocycles. The van der Waals surface area contributed by atoms with Gasteiger partial charge in [0, 0.05) is 11.5 Å². The van der Waals surface area contributed by atoms with E-state index in [1.807, 2.05) is 31.2 Å². The van der Waals surface area contributed by atoms with Crippen LogP contribution in [0.4, 0.5) is 5.13 Å². The molecule has 0 saturated carbocycles. The predicted octanol–water partition coefficient (Wildman–Crippen LogP) is 2.40. The number of hydrogen-bond donors (Lipinski definition) is 1. The summed E-state index contributed by atoms with van der Waals surface area (Å²) in [7, 11) is 1.50. The molecule has 1 aromatic heterocycles. The minimum absolute atomic E-state index is 0.121. The zero-order chi connectivity index (χ0) is 15.2. The average Bonchev–Trinajstić information content (AvgIpc) is 2.84. The molecule has 110 valence electrons. The van der Waals surface area contributed by atoms with E-state index >= 15 is 0 Å². The van der Waals surface area contributed by atoms with E-state index in [9.17, 15) is 4.79 Å². The number of aromatic nitrogens is 2. The molecule has 2 aromatic rings. The highest BCUT2D eigenvalue weighted by atomic mass is 32.1. The minimum atomic E-state index is -0.121. The topological polar surface area (TPSA) is 76.5 Å². The van der Waals surface area contributed by atoms with E-state index in [0.717, 1.165) is 16.8 Å². The molecule has 0 bridgehead atoms. The number of nitrogens with one attached hydrogen (secondary N) is 1. The molecule has 0 spiro atoms. The molecule has 0 saturated heterocycles. The lowest BCUT2D eigenvalue weighted by molar-refractivity contribution is -0.115. The number of amides is 1. The van der Waals surface area contributed by atoms with Crippen LogP contribution >= 0.6 is 11.5 Å². The lowest BCUT2D eigenvalue weighted by Gasteiger charge is -2.05. The maximum atomic E-state index is 12.0. The first-order chi connectivity index (χ1) is 10.1. The number of anilines is 1. The summed E-state index contributed by atoms with van der Waals surface area (Å²) in [5, 5.41) is 7.14. The molecule has 7 heteroatoms. The van der Waals surface area contributed by atoms with Crippen LogP contribution in [0.3, 0.4) is 0 Å². The Morgan fingerprint density at radius 2 is 2.29 bits per heavy atom. The van der Waals surface area contributed by atoms with Crippen LogP contribution in [-0.2, 0) is 16.1 Å². The first-order valence-electron chi connectivity index (χ1n) is 6.35. The van der Waals surface area contributed by atoms with Crippen LogP contribution in [-0.4, -0.2) is 28.1 Å². The normalized spacial score (nSPS) is 11.3. The van der Waals surface area contributed by atoms with Gasteiger partial charge in [0.05, 0.1) is 12.1 Å². The van der Waals surface area contributed by atoms with Crippen molar-refractivity contribution in [3.63, 3.8) is 0 Å². The van der Waals surface area contributed by atoms with Crippen LogP contribution in [0.2, 0.25) is 0 Å². The molecule has 0 unspecified atom stereocenters. The van der Waals surface area contributed by atoms with E-state index in [4.69, 9.17) is 4.84 Å². The SMILES string of the molecule is CO/N=C(/C)c1cccc(CC(=O)Nc2nc(C)ns2)c1. The first-order valence-corrected chi connectivity index (χ1v) is 7.13. The van der Waals surface area contributed by atoms with Gasteiger partial charge in [-0.1, -0.05) is 23.4 Å². The van der Waals surface area contributed by atoms with Crippen LogP contribution in [0.15, 0.2) is 29.4 Å². The van der Waals surface area contributed by atoms with Crippen molar-refractivity contribution < 1.29 is 9.63 Å². The summed E-state index contributed by atoms with van der Waals surface area (Å²) < 4.78 is 4.02. The van der Waals surface area contributed by atoms with Gasteiger partial charge in [-0.15, -0.1) is 0 Å². The molecular weight excluding hydrogens is 288 g/mol. The third kappa shape index (κ3) is 4.35. The van der Waals surface area contributed by atoms with E-state index in [2.05, 4.69) is 19.8 Å². The van der Waals surface area contributed by atoms with Crippen molar-refractivity contribution in [3.8, 4) is 0 Å². The van der Waals surface area contributed by atoms with Gasteiger partial charge in [0.15, 0.2) is 0 Å². The number of carbonyl (C=O) groups excluding carboxylic acids is 1. The Morgan fingerprint density at radius 1 is 1.48 bits per heavy atom. The van der Waals surface area contributed by atoms with Crippen LogP contribution in [0.1, 0.15) is 23.9 Å². The molecule has 0 aliphatic rings. The van der Waals surface area contributed by atoms with Crippen LogP contribution in [0, 0.1) is 6.92 Å². The molecule has 0 fully saturated rings. The second-order valence-electron chi connectivity index (χ2n) is 4.43. The number of benzene rings is 1. The zero-order valence-corrected chi connectivity index (χ0v) is 12.9. The fourth-order valence-electron chi connectivity index (χ4n) is 1.79. The highest BCUT2D eigenvalue weighted by molar-refractivity contribution is 7.09. The first kappa shape index (κ1) is 15.1. The van der Waals surface area contributed by atoms with Gasteiger partial charge in [-0.2, -0.15) is 4.37 Å². The Morgan fingerprint density at radius 3 is 2.95 bits per heavy atom. The number of rotatable bonds is 5. The molecule has 0 radical (unpaired) electrons.